The maximum atomic E-state index is 7.08. The topological polar surface area (TPSA) is 16.4 Å². The monoisotopic (exact) mass is 765 g/mol. The number of hydrogen-bond acceptors (Lipinski definition) is 2. The molecular weight excluding hydrogens is 727 g/mol. The molecule has 282 valence electrons. The van der Waals surface area contributed by atoms with Crippen molar-refractivity contribution in [3.05, 3.63) is 237 Å². The van der Waals surface area contributed by atoms with Gasteiger partial charge in [0.25, 0.3) is 0 Å². The third-order valence-corrected chi connectivity index (χ3v) is 11.7. The molecule has 0 unspecified atom stereocenters. The Morgan fingerprint density at radius 3 is 1.43 bits per heavy atom. The first-order valence-electron chi connectivity index (χ1n) is 20.5. The third-order valence-electron chi connectivity index (χ3n) is 11.7. The number of hydrogen-bond donors (Lipinski definition) is 0. The van der Waals surface area contributed by atoms with Gasteiger partial charge in [-0.3, -0.25) is 0 Å². The highest BCUT2D eigenvalue weighted by Crippen LogP contribution is 2.48. The molecule has 0 spiro atoms. The number of benzene rings is 10. The smallest absolute Gasteiger partial charge is 0.143 e. The quantitative estimate of drug-likeness (QED) is 0.143. The van der Waals surface area contributed by atoms with Crippen molar-refractivity contribution in [2.45, 2.75) is 0 Å². The molecule has 0 radical (unpaired) electrons. The molecule has 0 aliphatic heterocycles. The summed E-state index contributed by atoms with van der Waals surface area (Å²) in [5, 5.41) is 5.82. The fourth-order valence-corrected chi connectivity index (χ4v) is 8.83. The van der Waals surface area contributed by atoms with Crippen LogP contribution < -0.4 is 4.90 Å². The molecule has 1 heterocycles. The van der Waals surface area contributed by atoms with Crippen LogP contribution in [0.4, 0.5) is 17.1 Å². The lowest BCUT2D eigenvalue weighted by molar-refractivity contribution is 0.636. The maximum Gasteiger partial charge on any atom is 0.143 e. The van der Waals surface area contributed by atoms with Crippen molar-refractivity contribution in [1.29, 1.82) is 0 Å². The normalized spacial score (nSPS) is 11.3. The van der Waals surface area contributed by atoms with Crippen LogP contribution in [0.1, 0.15) is 0 Å². The molecule has 0 fully saturated rings. The van der Waals surface area contributed by atoms with Crippen LogP contribution in [-0.2, 0) is 0 Å². The van der Waals surface area contributed by atoms with Crippen LogP contribution in [0.15, 0.2) is 241 Å². The molecule has 0 bridgehead atoms. The Morgan fingerprint density at radius 1 is 0.300 bits per heavy atom. The SMILES string of the molecule is c1ccc(-c2ccc(N(c3ccccc3)c3ccc(-c4ccc5c6ccccc6c6c(-c7ccccc7)c(-c7ccccc7)oc6c5c4)cc3)c(-c3ccccc3)c2)cc1. The Labute approximate surface area is 349 Å². The number of rotatable bonds is 8. The Hall–Kier alpha value is -7.94. The van der Waals surface area contributed by atoms with Crippen molar-refractivity contribution in [2.75, 3.05) is 4.90 Å². The summed E-state index contributed by atoms with van der Waals surface area (Å²) in [5.41, 5.74) is 14.5. The lowest BCUT2D eigenvalue weighted by Gasteiger charge is -2.28. The van der Waals surface area contributed by atoms with Crippen LogP contribution >= 0.6 is 0 Å². The van der Waals surface area contributed by atoms with E-state index in [1.165, 1.54) is 38.4 Å². The number of anilines is 3. The van der Waals surface area contributed by atoms with E-state index >= 15 is 0 Å². The van der Waals surface area contributed by atoms with Gasteiger partial charge in [0, 0.05) is 38.8 Å². The summed E-state index contributed by atoms with van der Waals surface area (Å²) in [4.78, 5) is 2.37. The molecule has 2 nitrogen and oxygen atoms in total. The van der Waals surface area contributed by atoms with E-state index in [0.717, 1.165) is 67.0 Å². The molecule has 0 N–H and O–H groups in total. The summed E-state index contributed by atoms with van der Waals surface area (Å²) in [7, 11) is 0. The molecule has 10 aromatic carbocycles. The standard InChI is InChI=1S/C58H39NO/c1-6-18-40(19-7-1)46-33-37-54(52(38-46)42-20-8-2-9-21-42)59(47-26-14-5-15-27-47)48-34-30-41(31-35-48)45-32-36-50-49-28-16-17-29-51(49)56-55(43-22-10-3-11-23-43)57(44-24-12-4-13-25-44)60-58(56)53(50)39-45/h1-39H. The largest absolute Gasteiger partial charge is 0.455 e. The van der Waals surface area contributed by atoms with Crippen LogP contribution in [0.2, 0.25) is 0 Å². The third kappa shape index (κ3) is 6.23. The summed E-state index contributed by atoms with van der Waals surface area (Å²) < 4.78 is 7.08. The van der Waals surface area contributed by atoms with Gasteiger partial charge in [0.15, 0.2) is 0 Å². The molecule has 0 amide bonds. The average Bonchev–Trinajstić information content (AvgIpc) is 3.75. The molecule has 11 rings (SSSR count). The van der Waals surface area contributed by atoms with Crippen molar-refractivity contribution in [3.63, 3.8) is 0 Å². The van der Waals surface area contributed by atoms with Gasteiger partial charge < -0.3 is 9.32 Å². The van der Waals surface area contributed by atoms with Crippen LogP contribution in [0.5, 0.6) is 0 Å². The van der Waals surface area contributed by atoms with E-state index in [4.69, 9.17) is 4.42 Å². The van der Waals surface area contributed by atoms with Crippen molar-refractivity contribution < 1.29 is 4.42 Å². The van der Waals surface area contributed by atoms with Crippen molar-refractivity contribution in [1.82, 2.24) is 0 Å². The molecule has 0 aliphatic carbocycles. The van der Waals surface area contributed by atoms with Gasteiger partial charge in [0.05, 0.1) is 5.69 Å². The van der Waals surface area contributed by atoms with Gasteiger partial charge in [-0.05, 0) is 92.0 Å². The lowest BCUT2D eigenvalue weighted by Crippen LogP contribution is -2.11. The zero-order valence-corrected chi connectivity index (χ0v) is 32.9. The van der Waals surface area contributed by atoms with E-state index in [1.54, 1.807) is 0 Å². The lowest BCUT2D eigenvalue weighted by atomic mass is 9.91. The highest BCUT2D eigenvalue weighted by Gasteiger charge is 2.23. The van der Waals surface area contributed by atoms with E-state index in [9.17, 15) is 0 Å². The average molecular weight is 766 g/mol. The van der Waals surface area contributed by atoms with Gasteiger partial charge in [-0.25, -0.2) is 0 Å². The molecular formula is C58H39NO. The van der Waals surface area contributed by atoms with Crippen molar-refractivity contribution in [3.8, 4) is 55.8 Å². The minimum Gasteiger partial charge on any atom is -0.455 e. The van der Waals surface area contributed by atoms with E-state index in [1.807, 2.05) is 0 Å². The van der Waals surface area contributed by atoms with Crippen LogP contribution in [0.3, 0.4) is 0 Å². The predicted molar refractivity (Wildman–Crippen MR) is 253 cm³/mol. The molecule has 60 heavy (non-hydrogen) atoms. The molecule has 0 aliphatic rings. The highest BCUT2D eigenvalue weighted by atomic mass is 16.3. The first kappa shape index (κ1) is 35.2. The van der Waals surface area contributed by atoms with Crippen LogP contribution in [0, 0.1) is 0 Å². The van der Waals surface area contributed by atoms with Gasteiger partial charge in [-0.15, -0.1) is 0 Å². The first-order valence-corrected chi connectivity index (χ1v) is 20.5. The van der Waals surface area contributed by atoms with Crippen LogP contribution in [0.25, 0.3) is 88.3 Å². The summed E-state index contributed by atoms with van der Waals surface area (Å²) in [6.45, 7) is 0. The molecule has 0 saturated carbocycles. The predicted octanol–water partition coefficient (Wildman–Crippen LogP) is 16.5. The van der Waals surface area contributed by atoms with Gasteiger partial charge in [-0.2, -0.15) is 0 Å². The second-order valence-corrected chi connectivity index (χ2v) is 15.2. The van der Waals surface area contributed by atoms with Crippen molar-refractivity contribution >= 4 is 49.6 Å². The number of nitrogens with zero attached hydrogens (tertiary/aromatic N) is 1. The zero-order valence-electron chi connectivity index (χ0n) is 32.9. The summed E-state index contributed by atoms with van der Waals surface area (Å²) in [6.07, 6.45) is 0. The Bertz CT molecular complexity index is 3270. The number of para-hydroxylation sites is 1. The van der Waals surface area contributed by atoms with E-state index in [2.05, 4.69) is 241 Å². The second-order valence-electron chi connectivity index (χ2n) is 15.2. The van der Waals surface area contributed by atoms with Gasteiger partial charge in [0.2, 0.25) is 0 Å². The van der Waals surface area contributed by atoms with Gasteiger partial charge in [0.1, 0.15) is 11.3 Å². The van der Waals surface area contributed by atoms with E-state index in [0.29, 0.717) is 0 Å². The molecule has 11 aromatic rings. The molecule has 2 heteroatoms. The second kappa shape index (κ2) is 15.1. The molecule has 0 saturated heterocycles. The van der Waals surface area contributed by atoms with Crippen molar-refractivity contribution in [2.24, 2.45) is 0 Å². The summed E-state index contributed by atoms with van der Waals surface area (Å²) in [5.74, 6) is 0.886. The van der Waals surface area contributed by atoms with E-state index < -0.39 is 0 Å². The van der Waals surface area contributed by atoms with Gasteiger partial charge in [-0.1, -0.05) is 194 Å². The van der Waals surface area contributed by atoms with E-state index in [-0.39, 0.29) is 0 Å². The number of fused-ring (bicyclic) bond motifs is 6. The Morgan fingerprint density at radius 2 is 0.767 bits per heavy atom. The minimum atomic E-state index is 0.886. The van der Waals surface area contributed by atoms with Crippen LogP contribution in [-0.4, -0.2) is 0 Å². The van der Waals surface area contributed by atoms with Gasteiger partial charge >= 0.3 is 0 Å². The molecule has 0 atom stereocenters. The summed E-state index contributed by atoms with van der Waals surface area (Å²) >= 11 is 0. The number of furan rings is 1. The maximum absolute atomic E-state index is 7.08. The fraction of sp³-hybridized carbons (Fsp3) is 0. The minimum absolute atomic E-state index is 0.886. The molecule has 1 aromatic heterocycles. The highest BCUT2D eigenvalue weighted by molar-refractivity contribution is 6.28. The Balaban J connectivity index is 1.07. The Kier molecular flexibility index (Phi) is 8.87. The fourth-order valence-electron chi connectivity index (χ4n) is 8.83. The summed E-state index contributed by atoms with van der Waals surface area (Å²) in [6, 6.07) is 84.5. The first-order chi connectivity index (χ1) is 29.8. The zero-order chi connectivity index (χ0) is 39.8.